The monoisotopic (exact) mass is 483 g/mol. The van der Waals surface area contributed by atoms with E-state index in [9.17, 15) is 9.59 Å². The van der Waals surface area contributed by atoms with Gasteiger partial charge in [-0.05, 0) is 58.0 Å². The second kappa shape index (κ2) is 11.2. The van der Waals surface area contributed by atoms with Crippen LogP contribution in [0.2, 0.25) is 5.02 Å². The number of benzene rings is 2. The molecule has 2 aromatic rings. The summed E-state index contributed by atoms with van der Waals surface area (Å²) >= 11 is 6.34. The molecular weight excluding hydrogens is 454 g/mol. The molecule has 8 heteroatoms. The maximum atomic E-state index is 12.6. The van der Waals surface area contributed by atoms with Crippen molar-refractivity contribution >= 4 is 23.7 Å². The summed E-state index contributed by atoms with van der Waals surface area (Å²) < 4.78 is 11.2. The molecule has 1 N–H and O–H groups in total. The van der Waals surface area contributed by atoms with E-state index in [0.717, 1.165) is 5.56 Å². The highest BCUT2D eigenvalue weighted by atomic mass is 35.5. The van der Waals surface area contributed by atoms with Gasteiger partial charge in [0.1, 0.15) is 17.1 Å². The first-order valence-electron chi connectivity index (χ1n) is 11.2. The summed E-state index contributed by atoms with van der Waals surface area (Å²) in [6.07, 6.45) is -0.356. The summed E-state index contributed by atoms with van der Waals surface area (Å²) in [7, 11) is 0. The number of carbonyl (C=O) groups excluding carboxylic acids is 2. The molecule has 1 aliphatic heterocycles. The van der Waals surface area contributed by atoms with Crippen molar-refractivity contribution in [3.05, 3.63) is 59.1 Å². The van der Waals surface area contributed by atoms with Gasteiger partial charge in [0, 0.05) is 31.7 Å². The number of rotatable bonds is 3. The van der Waals surface area contributed by atoms with Gasteiger partial charge in [-0.2, -0.15) is 0 Å². The van der Waals surface area contributed by atoms with E-state index in [4.69, 9.17) is 21.1 Å². The molecule has 0 spiro atoms. The van der Waals surface area contributed by atoms with E-state index in [0.29, 0.717) is 42.7 Å². The van der Waals surface area contributed by atoms with E-state index >= 15 is 0 Å². The average Bonchev–Trinajstić information content (AvgIpc) is 2.79. The molecule has 0 saturated carbocycles. The van der Waals surface area contributed by atoms with Gasteiger partial charge in [0.25, 0.3) is 0 Å². The third kappa shape index (κ3) is 7.60. The van der Waals surface area contributed by atoms with Gasteiger partial charge >= 0.3 is 12.1 Å². The van der Waals surface area contributed by atoms with Crippen LogP contribution >= 0.6 is 11.6 Å². The molecule has 1 unspecified atom stereocenters. The molecule has 0 aromatic heterocycles. The highest BCUT2D eigenvalue weighted by Crippen LogP contribution is 2.29. The molecule has 1 fully saturated rings. The van der Waals surface area contributed by atoms with Gasteiger partial charge < -0.3 is 24.6 Å². The Labute approximate surface area is 206 Å². The number of urea groups is 1. The number of piperazine rings is 1. The average molecular weight is 484 g/mol. The fourth-order valence-corrected chi connectivity index (χ4v) is 3.42. The van der Waals surface area contributed by atoms with Crippen LogP contribution in [-0.4, -0.2) is 59.7 Å². The first-order chi connectivity index (χ1) is 16.1. The summed E-state index contributed by atoms with van der Waals surface area (Å²) in [4.78, 5) is 28.0. The van der Waals surface area contributed by atoms with Crippen molar-refractivity contribution < 1.29 is 19.1 Å². The van der Waals surface area contributed by atoms with Gasteiger partial charge in [-0.15, -0.1) is 0 Å². The second-order valence-corrected chi connectivity index (χ2v) is 9.36. The largest absolute Gasteiger partial charge is 0.456 e. The molecule has 3 amide bonds. The third-order valence-electron chi connectivity index (χ3n) is 4.89. The molecule has 2 aromatic carbocycles. The maximum absolute atomic E-state index is 12.6. The fraction of sp³-hybridized carbons (Fsp3) is 0.385. The number of hydrogen-bond acceptors (Lipinski definition) is 4. The van der Waals surface area contributed by atoms with Crippen molar-refractivity contribution in [1.82, 2.24) is 15.1 Å². The van der Waals surface area contributed by atoms with Crippen LogP contribution < -0.4 is 10.1 Å². The molecule has 34 heavy (non-hydrogen) atoms. The van der Waals surface area contributed by atoms with E-state index in [1.54, 1.807) is 21.9 Å². The van der Waals surface area contributed by atoms with Crippen molar-refractivity contribution in [2.75, 3.05) is 26.2 Å². The van der Waals surface area contributed by atoms with E-state index in [-0.39, 0.29) is 18.2 Å². The summed E-state index contributed by atoms with van der Waals surface area (Å²) in [5.74, 6) is 7.31. The van der Waals surface area contributed by atoms with Crippen LogP contribution in [0.5, 0.6) is 11.5 Å². The lowest BCUT2D eigenvalue weighted by atomic mass is 10.2. The first kappa shape index (κ1) is 25.3. The number of ether oxygens (including phenoxy) is 2. The summed E-state index contributed by atoms with van der Waals surface area (Å²) in [5, 5.41) is 3.34. The van der Waals surface area contributed by atoms with Crippen molar-refractivity contribution in [1.29, 1.82) is 0 Å². The topological polar surface area (TPSA) is 71.1 Å². The molecule has 0 radical (unpaired) electrons. The SMILES string of the molecule is CC(C#Cc1ccc(Oc2ccccc2)c(Cl)c1)NC(=O)N1CCN(C(=O)OC(C)(C)C)CC1. The molecule has 0 bridgehead atoms. The maximum Gasteiger partial charge on any atom is 0.410 e. The van der Waals surface area contributed by atoms with E-state index in [1.165, 1.54) is 0 Å². The predicted octanol–water partition coefficient (Wildman–Crippen LogP) is 5.13. The predicted molar refractivity (Wildman–Crippen MR) is 132 cm³/mol. The number of nitrogens with zero attached hydrogens (tertiary/aromatic N) is 2. The number of nitrogens with one attached hydrogen (secondary N) is 1. The Balaban J connectivity index is 1.49. The third-order valence-corrected chi connectivity index (χ3v) is 5.19. The molecule has 3 rings (SSSR count). The molecular formula is C26H30ClN3O4. The quantitative estimate of drug-likeness (QED) is 0.614. The Morgan fingerprint density at radius 3 is 2.29 bits per heavy atom. The summed E-state index contributed by atoms with van der Waals surface area (Å²) in [6.45, 7) is 9.04. The minimum absolute atomic E-state index is 0.213. The Bertz CT molecular complexity index is 1060. The summed E-state index contributed by atoms with van der Waals surface area (Å²) in [5.41, 5.74) is 0.177. The number of amides is 3. The number of hydrogen-bond donors (Lipinski definition) is 1. The lowest BCUT2D eigenvalue weighted by Gasteiger charge is -2.35. The highest BCUT2D eigenvalue weighted by Gasteiger charge is 2.27. The van der Waals surface area contributed by atoms with E-state index in [1.807, 2.05) is 64.1 Å². The van der Waals surface area contributed by atoms with Gasteiger partial charge in [-0.3, -0.25) is 0 Å². The van der Waals surface area contributed by atoms with Crippen molar-refractivity contribution in [2.24, 2.45) is 0 Å². The fourth-order valence-electron chi connectivity index (χ4n) is 3.20. The van der Waals surface area contributed by atoms with Gasteiger partial charge in [-0.1, -0.05) is 41.6 Å². The Morgan fingerprint density at radius 1 is 1.03 bits per heavy atom. The van der Waals surface area contributed by atoms with Gasteiger partial charge in [0.15, 0.2) is 0 Å². The molecule has 1 heterocycles. The van der Waals surface area contributed by atoms with Gasteiger partial charge in [-0.25, -0.2) is 9.59 Å². The zero-order valence-electron chi connectivity index (χ0n) is 19.9. The van der Waals surface area contributed by atoms with Crippen LogP contribution in [0.4, 0.5) is 9.59 Å². The zero-order valence-corrected chi connectivity index (χ0v) is 20.7. The van der Waals surface area contributed by atoms with Crippen LogP contribution in [0.3, 0.4) is 0 Å². The van der Waals surface area contributed by atoms with Gasteiger partial charge in [0.2, 0.25) is 0 Å². The normalized spacial score (nSPS) is 14.5. The Kier molecular flexibility index (Phi) is 8.30. The lowest BCUT2D eigenvalue weighted by Crippen LogP contribution is -2.54. The number of carbonyl (C=O) groups is 2. The van der Waals surface area contributed by atoms with Crippen LogP contribution in [0, 0.1) is 11.8 Å². The molecule has 0 aliphatic carbocycles. The van der Waals surface area contributed by atoms with E-state index < -0.39 is 5.60 Å². The minimum atomic E-state index is -0.542. The van der Waals surface area contributed by atoms with Crippen LogP contribution in [0.25, 0.3) is 0 Å². The molecule has 1 atom stereocenters. The van der Waals surface area contributed by atoms with Crippen LogP contribution in [-0.2, 0) is 4.74 Å². The molecule has 180 valence electrons. The second-order valence-electron chi connectivity index (χ2n) is 8.96. The van der Waals surface area contributed by atoms with E-state index in [2.05, 4.69) is 17.2 Å². The highest BCUT2D eigenvalue weighted by molar-refractivity contribution is 6.32. The molecule has 1 saturated heterocycles. The standard InChI is InChI=1S/C26H30ClN3O4/c1-19(28-24(31)29-14-16-30(17-15-29)25(32)34-26(2,3)4)10-11-20-12-13-23(22(27)18-20)33-21-8-6-5-7-9-21/h5-9,12-13,18-19H,14-17H2,1-4H3,(H,28,31). The van der Waals surface area contributed by atoms with Gasteiger partial charge in [0.05, 0.1) is 11.1 Å². The van der Waals surface area contributed by atoms with Crippen LogP contribution in [0.15, 0.2) is 48.5 Å². The van der Waals surface area contributed by atoms with Crippen molar-refractivity contribution in [3.63, 3.8) is 0 Å². The minimum Gasteiger partial charge on any atom is -0.456 e. The van der Waals surface area contributed by atoms with Crippen LogP contribution in [0.1, 0.15) is 33.3 Å². The molecule has 1 aliphatic rings. The molecule has 7 nitrogen and oxygen atoms in total. The van der Waals surface area contributed by atoms with Crippen molar-refractivity contribution in [2.45, 2.75) is 39.3 Å². The Hall–Kier alpha value is -3.37. The van der Waals surface area contributed by atoms with Crippen molar-refractivity contribution in [3.8, 4) is 23.3 Å². The first-order valence-corrected chi connectivity index (χ1v) is 11.6. The lowest BCUT2D eigenvalue weighted by molar-refractivity contribution is 0.0169. The summed E-state index contributed by atoms with van der Waals surface area (Å²) in [6, 6.07) is 14.1. The smallest absolute Gasteiger partial charge is 0.410 e. The Morgan fingerprint density at radius 2 is 1.68 bits per heavy atom. The number of para-hydroxylation sites is 1. The zero-order chi connectivity index (χ0) is 24.7. The number of halogens is 1.